The van der Waals surface area contributed by atoms with E-state index in [4.69, 9.17) is 0 Å². The highest BCUT2D eigenvalue weighted by molar-refractivity contribution is 6.03. The van der Waals surface area contributed by atoms with Gasteiger partial charge in [0.25, 0.3) is 5.56 Å². The summed E-state index contributed by atoms with van der Waals surface area (Å²) in [5.74, 6) is -0.344. The smallest absolute Gasteiger partial charge is 0.295 e. The Morgan fingerprint density at radius 2 is 1.62 bits per heavy atom. The number of rotatable bonds is 4. The molecular weight excluding hydrogens is 362 g/mol. The van der Waals surface area contributed by atoms with Crippen molar-refractivity contribution in [3.63, 3.8) is 0 Å². The molecule has 144 valence electrons. The van der Waals surface area contributed by atoms with Crippen molar-refractivity contribution in [3.8, 4) is 5.69 Å². The molecule has 4 aromatic rings. The summed E-state index contributed by atoms with van der Waals surface area (Å²) in [5.41, 5.74) is 2.40. The van der Waals surface area contributed by atoms with Gasteiger partial charge in [0, 0.05) is 13.1 Å². The van der Waals surface area contributed by atoms with Gasteiger partial charge in [-0.2, -0.15) is 0 Å². The molecule has 0 aliphatic heterocycles. The van der Waals surface area contributed by atoms with E-state index in [0.717, 1.165) is 22.0 Å². The van der Waals surface area contributed by atoms with E-state index in [-0.39, 0.29) is 17.2 Å². The monoisotopic (exact) mass is 383 g/mol. The summed E-state index contributed by atoms with van der Waals surface area (Å²) in [4.78, 5) is 25.4. The van der Waals surface area contributed by atoms with Gasteiger partial charge in [0.15, 0.2) is 0 Å². The van der Waals surface area contributed by atoms with Crippen molar-refractivity contribution in [2.24, 2.45) is 7.05 Å². The minimum Gasteiger partial charge on any atom is -0.316 e. The number of hydrogen-bond acceptors (Lipinski definition) is 2. The minimum atomic E-state index is -0.344. The Kier molecular flexibility index (Phi) is 4.87. The van der Waals surface area contributed by atoms with Crippen LogP contribution in [0.2, 0.25) is 0 Å². The Balaban J connectivity index is 1.62. The number of amides is 1. The molecule has 0 spiro atoms. The van der Waals surface area contributed by atoms with Crippen molar-refractivity contribution < 1.29 is 4.79 Å². The van der Waals surface area contributed by atoms with Crippen LogP contribution in [-0.4, -0.2) is 15.3 Å². The van der Waals surface area contributed by atoms with E-state index >= 15 is 0 Å². The van der Waals surface area contributed by atoms with E-state index < -0.39 is 0 Å². The topological polar surface area (TPSA) is 56.0 Å². The molecule has 0 aliphatic rings. The second kappa shape index (κ2) is 7.64. The molecule has 4 rings (SSSR count). The van der Waals surface area contributed by atoms with Crippen LogP contribution in [0.5, 0.6) is 0 Å². The number of para-hydroxylation sites is 1. The molecule has 1 aromatic heterocycles. The van der Waals surface area contributed by atoms with E-state index in [1.54, 1.807) is 22.5 Å². The molecule has 29 heavy (non-hydrogen) atoms. The van der Waals surface area contributed by atoms with Crippen LogP contribution >= 0.6 is 0 Å². The number of carbonyl (C=O) groups is 1. The van der Waals surface area contributed by atoms with E-state index in [0.29, 0.717) is 5.69 Å². The first-order valence-corrected chi connectivity index (χ1v) is 9.37. The highest BCUT2D eigenvalue weighted by atomic mass is 16.2. The number of benzene rings is 3. The van der Waals surface area contributed by atoms with Crippen LogP contribution in [0.25, 0.3) is 22.5 Å². The van der Waals surface area contributed by atoms with Crippen LogP contribution in [0.4, 0.5) is 5.69 Å². The molecule has 0 unspecified atom stereocenters. The first kappa shape index (κ1) is 18.5. The summed E-state index contributed by atoms with van der Waals surface area (Å²) in [6.45, 7) is 1.81. The van der Waals surface area contributed by atoms with Crippen molar-refractivity contribution in [2.45, 2.75) is 6.92 Å². The first-order chi connectivity index (χ1) is 14.1. The van der Waals surface area contributed by atoms with Crippen molar-refractivity contribution >= 4 is 28.4 Å². The lowest BCUT2D eigenvalue weighted by Crippen LogP contribution is -2.22. The SMILES string of the molecule is Cc1c(NC(=O)C=Cc2cccc3ccccc23)c(=O)n(-c2ccccc2)n1C. The predicted molar refractivity (Wildman–Crippen MR) is 117 cm³/mol. The third kappa shape index (κ3) is 3.50. The fourth-order valence-corrected chi connectivity index (χ4v) is 3.44. The maximum atomic E-state index is 12.9. The van der Waals surface area contributed by atoms with Gasteiger partial charge < -0.3 is 5.32 Å². The molecule has 1 N–H and O–H groups in total. The average Bonchev–Trinajstić information content (AvgIpc) is 2.96. The van der Waals surface area contributed by atoms with Gasteiger partial charge in [0.1, 0.15) is 5.69 Å². The first-order valence-electron chi connectivity index (χ1n) is 9.37. The van der Waals surface area contributed by atoms with Crippen molar-refractivity contribution in [2.75, 3.05) is 5.32 Å². The van der Waals surface area contributed by atoms with Crippen molar-refractivity contribution in [1.29, 1.82) is 0 Å². The maximum Gasteiger partial charge on any atom is 0.295 e. The summed E-state index contributed by atoms with van der Waals surface area (Å²) < 4.78 is 3.28. The standard InChI is InChI=1S/C24H21N3O2/c1-17-23(24(29)27(26(17)2)20-12-4-3-5-13-20)25-22(28)16-15-19-11-8-10-18-9-6-7-14-21(18)19/h3-16H,1-2H3,(H,25,28). The Labute approximate surface area is 168 Å². The molecule has 0 saturated carbocycles. The summed E-state index contributed by atoms with van der Waals surface area (Å²) in [6.07, 6.45) is 3.23. The number of fused-ring (bicyclic) bond motifs is 1. The molecule has 0 fully saturated rings. The quantitative estimate of drug-likeness (QED) is 0.535. The lowest BCUT2D eigenvalue weighted by atomic mass is 10.0. The van der Waals surface area contributed by atoms with Crippen LogP contribution in [0.3, 0.4) is 0 Å². The fraction of sp³-hybridized carbons (Fsp3) is 0.0833. The number of anilines is 1. The number of hydrogen-bond donors (Lipinski definition) is 1. The maximum absolute atomic E-state index is 12.9. The summed E-state index contributed by atoms with van der Waals surface area (Å²) in [6, 6.07) is 23.3. The minimum absolute atomic E-state index is 0.261. The van der Waals surface area contributed by atoms with Gasteiger partial charge in [-0.3, -0.25) is 14.3 Å². The number of carbonyl (C=O) groups excluding carboxylic acids is 1. The molecule has 1 heterocycles. The van der Waals surface area contributed by atoms with Gasteiger partial charge in [-0.1, -0.05) is 60.7 Å². The largest absolute Gasteiger partial charge is 0.316 e. The second-order valence-electron chi connectivity index (χ2n) is 6.83. The van der Waals surface area contributed by atoms with Gasteiger partial charge in [0.05, 0.1) is 11.4 Å². The Bertz CT molecular complexity index is 1280. The van der Waals surface area contributed by atoms with Gasteiger partial charge in [-0.25, -0.2) is 4.68 Å². The van der Waals surface area contributed by atoms with Crippen LogP contribution in [0, 0.1) is 6.92 Å². The molecule has 0 aliphatic carbocycles. The van der Waals surface area contributed by atoms with E-state index in [1.807, 2.05) is 79.7 Å². The second-order valence-corrected chi connectivity index (χ2v) is 6.83. The lowest BCUT2D eigenvalue weighted by Gasteiger charge is -2.07. The average molecular weight is 383 g/mol. The zero-order valence-corrected chi connectivity index (χ0v) is 16.3. The Morgan fingerprint density at radius 3 is 2.41 bits per heavy atom. The molecule has 0 bridgehead atoms. The number of nitrogens with zero attached hydrogens (tertiary/aromatic N) is 2. The zero-order valence-electron chi connectivity index (χ0n) is 16.3. The van der Waals surface area contributed by atoms with Gasteiger partial charge in [-0.15, -0.1) is 0 Å². The van der Waals surface area contributed by atoms with E-state index in [1.165, 1.54) is 6.08 Å². The zero-order chi connectivity index (χ0) is 20.4. The highest BCUT2D eigenvalue weighted by Gasteiger charge is 2.17. The van der Waals surface area contributed by atoms with Crippen LogP contribution in [0.15, 0.2) is 83.7 Å². The van der Waals surface area contributed by atoms with Gasteiger partial charge in [0.2, 0.25) is 5.91 Å². The third-order valence-corrected chi connectivity index (χ3v) is 5.04. The van der Waals surface area contributed by atoms with Crippen molar-refractivity contribution in [3.05, 3.63) is 100 Å². The highest BCUT2D eigenvalue weighted by Crippen LogP contribution is 2.20. The summed E-state index contributed by atoms with van der Waals surface area (Å²) in [7, 11) is 1.80. The number of nitrogens with one attached hydrogen (secondary N) is 1. The normalized spacial score (nSPS) is 11.2. The fourth-order valence-electron chi connectivity index (χ4n) is 3.44. The van der Waals surface area contributed by atoms with Crippen molar-refractivity contribution in [1.82, 2.24) is 9.36 Å². The molecule has 0 radical (unpaired) electrons. The molecule has 0 atom stereocenters. The summed E-state index contributed by atoms with van der Waals surface area (Å²) >= 11 is 0. The van der Waals surface area contributed by atoms with E-state index in [2.05, 4.69) is 5.32 Å². The molecule has 3 aromatic carbocycles. The van der Waals surface area contributed by atoms with Crippen LogP contribution in [0.1, 0.15) is 11.3 Å². The van der Waals surface area contributed by atoms with Gasteiger partial charge >= 0.3 is 0 Å². The molecule has 5 nitrogen and oxygen atoms in total. The molecule has 0 saturated heterocycles. The molecule has 1 amide bonds. The Morgan fingerprint density at radius 1 is 0.931 bits per heavy atom. The Hall–Kier alpha value is -3.86. The van der Waals surface area contributed by atoms with E-state index in [9.17, 15) is 9.59 Å². The summed E-state index contributed by atoms with van der Waals surface area (Å²) in [5, 5.41) is 4.93. The molecular formula is C24H21N3O2. The van der Waals surface area contributed by atoms with Gasteiger partial charge in [-0.05, 0) is 41.5 Å². The number of aromatic nitrogens is 2. The van der Waals surface area contributed by atoms with Crippen LogP contribution < -0.4 is 10.9 Å². The predicted octanol–water partition coefficient (Wildman–Crippen LogP) is 4.29. The molecule has 5 heteroatoms. The lowest BCUT2D eigenvalue weighted by molar-refractivity contribution is -0.111. The van der Waals surface area contributed by atoms with Crippen LogP contribution in [-0.2, 0) is 11.8 Å². The third-order valence-electron chi connectivity index (χ3n) is 5.04.